The molecule has 0 spiro atoms. The molecule has 0 amide bonds. The van der Waals surface area contributed by atoms with E-state index in [0.29, 0.717) is 32.9 Å². The molecule has 2 atom stereocenters. The second-order valence-corrected chi connectivity index (χ2v) is 14.8. The molecule has 0 radical (unpaired) electrons. The molecule has 3 aromatic carbocycles. The van der Waals surface area contributed by atoms with Crippen molar-refractivity contribution in [3.05, 3.63) is 82.9 Å². The van der Waals surface area contributed by atoms with E-state index in [1.165, 1.54) is 62.3 Å². The Morgan fingerprint density at radius 2 is 1.56 bits per heavy atom. The second-order valence-electron chi connectivity index (χ2n) is 12.7. The zero-order valence-electron chi connectivity index (χ0n) is 22.1. The third kappa shape index (κ3) is 4.80. The summed E-state index contributed by atoms with van der Waals surface area (Å²) in [5, 5.41) is 12.8. The van der Waals surface area contributed by atoms with Gasteiger partial charge in [-0.2, -0.15) is 0 Å². The highest BCUT2D eigenvalue weighted by Gasteiger charge is 2.60. The Morgan fingerprint density at radius 3 is 2.18 bits per heavy atom. The van der Waals surface area contributed by atoms with Gasteiger partial charge in [-0.05, 0) is 115 Å². The molecule has 4 aliphatic rings. The van der Waals surface area contributed by atoms with Crippen molar-refractivity contribution < 1.29 is 18.3 Å². The molecule has 2 unspecified atom stereocenters. The summed E-state index contributed by atoms with van der Waals surface area (Å²) in [7, 11) is -3.88. The molecule has 4 bridgehead atoms. The van der Waals surface area contributed by atoms with Crippen LogP contribution in [0.4, 0.5) is 17.1 Å². The summed E-state index contributed by atoms with van der Waals surface area (Å²) in [5.74, 6) is -0.292. The van der Waals surface area contributed by atoms with Crippen LogP contribution in [0.5, 0.6) is 0 Å². The first-order valence-corrected chi connectivity index (χ1v) is 15.3. The molecule has 4 fully saturated rings. The van der Waals surface area contributed by atoms with Crippen molar-refractivity contribution in [1.82, 2.24) is 0 Å². The van der Waals surface area contributed by atoms with Crippen LogP contribution in [0.25, 0.3) is 0 Å². The minimum Gasteiger partial charge on any atom is -0.478 e. The van der Waals surface area contributed by atoms with Crippen molar-refractivity contribution in [2.75, 3.05) is 10.0 Å². The van der Waals surface area contributed by atoms with Gasteiger partial charge in [0.25, 0.3) is 10.0 Å². The number of aromatic carboxylic acids is 1. The number of rotatable bonds is 7. The predicted molar refractivity (Wildman–Crippen MR) is 154 cm³/mol. The first-order valence-electron chi connectivity index (χ1n) is 13.4. The highest BCUT2D eigenvalue weighted by molar-refractivity contribution is 7.92. The molecular weight excluding hydrogens is 532 g/mol. The molecule has 0 saturated heterocycles. The van der Waals surface area contributed by atoms with Crippen LogP contribution in [0.3, 0.4) is 0 Å². The predicted octanol–water partition coefficient (Wildman–Crippen LogP) is 7.83. The lowest BCUT2D eigenvalue weighted by molar-refractivity contribution is -0.110. The van der Waals surface area contributed by atoms with Crippen LogP contribution in [0, 0.1) is 16.7 Å². The molecule has 8 heteroatoms. The van der Waals surface area contributed by atoms with Crippen LogP contribution >= 0.6 is 11.6 Å². The Morgan fingerprint density at radius 1 is 0.897 bits per heavy atom. The number of benzene rings is 3. The van der Waals surface area contributed by atoms with Crippen LogP contribution in [0.1, 0.15) is 68.3 Å². The zero-order chi connectivity index (χ0) is 27.6. The fraction of sp³-hybridized carbons (Fsp3) is 0.387. The summed E-state index contributed by atoms with van der Waals surface area (Å²) in [5.41, 5.74) is 3.58. The van der Waals surface area contributed by atoms with Crippen LogP contribution in [-0.2, 0) is 15.4 Å². The highest BCUT2D eigenvalue weighted by Crippen LogP contribution is 2.70. The van der Waals surface area contributed by atoms with Gasteiger partial charge in [0.1, 0.15) is 0 Å². The second kappa shape index (κ2) is 9.00. The topological polar surface area (TPSA) is 95.5 Å². The fourth-order valence-corrected chi connectivity index (χ4v) is 9.92. The maximum atomic E-state index is 13.2. The van der Waals surface area contributed by atoms with Gasteiger partial charge in [0, 0.05) is 5.69 Å². The SMILES string of the molecule is CC12CC3CC(C)(C1)CC(c1ccc(NS(=O)(=O)c4ccc(Nc5ccccc5C(=O)O)cc4)c(Cl)c1)(C3)C2. The minimum absolute atomic E-state index is 0.0849. The number of halogens is 1. The third-order valence-corrected chi connectivity index (χ3v) is 10.7. The van der Waals surface area contributed by atoms with Crippen molar-refractivity contribution in [3.8, 4) is 0 Å². The highest BCUT2D eigenvalue weighted by atomic mass is 35.5. The molecule has 39 heavy (non-hydrogen) atoms. The number of sulfonamides is 1. The van der Waals surface area contributed by atoms with Gasteiger partial charge in [-0.1, -0.05) is 43.6 Å². The van der Waals surface area contributed by atoms with Gasteiger partial charge in [-0.3, -0.25) is 4.72 Å². The maximum absolute atomic E-state index is 13.2. The van der Waals surface area contributed by atoms with Crippen molar-refractivity contribution in [1.29, 1.82) is 0 Å². The molecule has 0 aliphatic heterocycles. The van der Waals surface area contributed by atoms with Gasteiger partial charge in [-0.15, -0.1) is 0 Å². The lowest BCUT2D eigenvalue weighted by atomic mass is 9.39. The summed E-state index contributed by atoms with van der Waals surface area (Å²) >= 11 is 6.70. The van der Waals surface area contributed by atoms with Crippen molar-refractivity contribution in [3.63, 3.8) is 0 Å². The zero-order valence-corrected chi connectivity index (χ0v) is 23.7. The van der Waals surface area contributed by atoms with Gasteiger partial charge >= 0.3 is 5.97 Å². The van der Waals surface area contributed by atoms with Crippen molar-refractivity contribution in [2.45, 2.75) is 62.7 Å². The van der Waals surface area contributed by atoms with Gasteiger partial charge in [0.2, 0.25) is 0 Å². The van der Waals surface area contributed by atoms with E-state index in [2.05, 4.69) is 30.0 Å². The number of anilines is 3. The Hall–Kier alpha value is -3.03. The van der Waals surface area contributed by atoms with E-state index in [1.54, 1.807) is 36.4 Å². The van der Waals surface area contributed by atoms with Crippen LogP contribution in [0.15, 0.2) is 71.6 Å². The molecule has 7 rings (SSSR count). The summed E-state index contributed by atoms with van der Waals surface area (Å²) in [6.45, 7) is 4.89. The smallest absolute Gasteiger partial charge is 0.337 e. The summed E-state index contributed by atoms with van der Waals surface area (Å²) in [4.78, 5) is 11.6. The average Bonchev–Trinajstić information content (AvgIpc) is 2.83. The largest absolute Gasteiger partial charge is 0.478 e. The molecule has 4 aliphatic carbocycles. The first-order chi connectivity index (χ1) is 18.4. The number of hydrogen-bond acceptors (Lipinski definition) is 4. The molecule has 3 N–H and O–H groups in total. The van der Waals surface area contributed by atoms with Crippen LogP contribution in [0.2, 0.25) is 5.02 Å². The van der Waals surface area contributed by atoms with E-state index < -0.39 is 16.0 Å². The first kappa shape index (κ1) is 26.2. The van der Waals surface area contributed by atoms with Gasteiger partial charge < -0.3 is 10.4 Å². The monoisotopic (exact) mass is 564 g/mol. The minimum atomic E-state index is -3.88. The average molecular weight is 565 g/mol. The lowest BCUT2D eigenvalue weighted by Gasteiger charge is -2.65. The normalized spacial score (nSPS) is 29.3. The molecule has 204 valence electrons. The van der Waals surface area contributed by atoms with Crippen molar-refractivity contribution >= 4 is 44.7 Å². The molecule has 0 aromatic heterocycles. The fourth-order valence-electron chi connectivity index (χ4n) is 8.55. The van der Waals surface area contributed by atoms with Crippen molar-refractivity contribution in [2.24, 2.45) is 16.7 Å². The Balaban J connectivity index is 1.20. The standard InChI is InChI=1S/C31H33ClN2O4S/c1-29-14-20-15-30(2,17-29)19-31(16-20,18-29)21-7-12-27(25(32)13-21)34-39(37,38)23-10-8-22(9-11-23)33-26-6-4-3-5-24(26)28(35)36/h3-13,20,33-34H,14-19H2,1-2H3,(H,35,36). The quantitative estimate of drug-likeness (QED) is 0.272. The van der Waals surface area contributed by atoms with E-state index in [0.717, 1.165) is 5.92 Å². The number of carboxylic acids is 1. The summed E-state index contributed by atoms with van der Waals surface area (Å²) in [6, 6.07) is 18.6. The number of para-hydroxylation sites is 1. The third-order valence-electron chi connectivity index (χ3n) is 9.05. The Bertz CT molecular complexity index is 1550. The Labute approximate surface area is 234 Å². The molecule has 3 aromatic rings. The van der Waals surface area contributed by atoms with Gasteiger partial charge in [-0.25, -0.2) is 13.2 Å². The molecule has 0 heterocycles. The van der Waals surface area contributed by atoms with E-state index in [9.17, 15) is 18.3 Å². The molecule has 4 saturated carbocycles. The number of nitrogens with one attached hydrogen (secondary N) is 2. The van der Waals surface area contributed by atoms with E-state index in [1.807, 2.05) is 6.07 Å². The summed E-state index contributed by atoms with van der Waals surface area (Å²) < 4.78 is 29.0. The lowest BCUT2D eigenvalue weighted by Crippen LogP contribution is -2.56. The summed E-state index contributed by atoms with van der Waals surface area (Å²) in [6.07, 6.45) is 7.46. The molecule has 6 nitrogen and oxygen atoms in total. The maximum Gasteiger partial charge on any atom is 0.337 e. The van der Waals surface area contributed by atoms with Crippen LogP contribution < -0.4 is 10.0 Å². The van der Waals surface area contributed by atoms with E-state index >= 15 is 0 Å². The van der Waals surface area contributed by atoms with E-state index in [-0.39, 0.29) is 15.9 Å². The number of carboxylic acid groups (broad SMARTS) is 1. The molecular formula is C31H33ClN2O4S. The van der Waals surface area contributed by atoms with Gasteiger partial charge in [0.05, 0.1) is 26.9 Å². The number of hydrogen-bond donors (Lipinski definition) is 3. The van der Waals surface area contributed by atoms with Crippen LogP contribution in [-0.4, -0.2) is 19.5 Å². The number of carbonyl (C=O) groups is 1. The Kier molecular flexibility index (Phi) is 6.05. The van der Waals surface area contributed by atoms with Gasteiger partial charge in [0.15, 0.2) is 0 Å². The van der Waals surface area contributed by atoms with E-state index in [4.69, 9.17) is 11.6 Å².